The molecule has 2 aromatic rings. The molecule has 0 aliphatic carbocycles. The summed E-state index contributed by atoms with van der Waals surface area (Å²) in [5, 5.41) is 13.3. The number of hydrogen-bond acceptors (Lipinski definition) is 5. The minimum atomic E-state index is -0.631. The van der Waals surface area contributed by atoms with Crippen LogP contribution in [0.1, 0.15) is 0 Å². The number of nitrogens with one attached hydrogen (secondary N) is 1. The minimum absolute atomic E-state index is 0.260. The second-order valence-corrected chi connectivity index (χ2v) is 4.36. The van der Waals surface area contributed by atoms with E-state index >= 15 is 0 Å². The van der Waals surface area contributed by atoms with E-state index in [1.807, 2.05) is 0 Å². The number of carbonyl (C=O) groups excluding carboxylic acids is 1. The molecule has 0 aliphatic heterocycles. The van der Waals surface area contributed by atoms with Gasteiger partial charge in [0.05, 0.1) is 23.9 Å². The van der Waals surface area contributed by atoms with Gasteiger partial charge in [-0.1, -0.05) is 12.1 Å². The molecule has 0 atom stereocenters. The zero-order valence-corrected chi connectivity index (χ0v) is 11.7. The van der Waals surface area contributed by atoms with Crippen LogP contribution < -0.4 is 15.6 Å². The van der Waals surface area contributed by atoms with Crippen molar-refractivity contribution in [3.05, 3.63) is 63.1 Å². The lowest BCUT2D eigenvalue weighted by atomic mass is 10.3. The highest BCUT2D eigenvalue weighted by molar-refractivity contribution is 5.92. The van der Waals surface area contributed by atoms with E-state index in [0.717, 1.165) is 22.9 Å². The molecule has 114 valence electrons. The maximum absolute atomic E-state index is 12.0. The Morgan fingerprint density at radius 1 is 1.32 bits per heavy atom. The van der Waals surface area contributed by atoms with Crippen LogP contribution in [0.15, 0.2) is 47.4 Å². The van der Waals surface area contributed by atoms with Crippen molar-refractivity contribution in [3.8, 4) is 5.75 Å². The molecule has 8 heteroatoms. The molecule has 1 aromatic heterocycles. The van der Waals surface area contributed by atoms with Crippen LogP contribution in [0.2, 0.25) is 0 Å². The van der Waals surface area contributed by atoms with Crippen molar-refractivity contribution in [1.82, 2.24) is 4.57 Å². The lowest BCUT2D eigenvalue weighted by molar-refractivity contribution is -0.385. The smallest absolute Gasteiger partial charge is 0.285 e. The van der Waals surface area contributed by atoms with Gasteiger partial charge in [0.1, 0.15) is 12.3 Å². The number of nitro groups is 1. The van der Waals surface area contributed by atoms with Crippen molar-refractivity contribution >= 4 is 17.3 Å². The Balaban J connectivity index is 2.17. The lowest BCUT2D eigenvalue weighted by Crippen LogP contribution is -2.27. The number of benzene rings is 1. The molecule has 0 saturated carbocycles. The molecule has 1 N–H and O–H groups in total. The van der Waals surface area contributed by atoms with Crippen LogP contribution >= 0.6 is 0 Å². The summed E-state index contributed by atoms with van der Waals surface area (Å²) in [6.07, 6.45) is 1.03. The third-order valence-corrected chi connectivity index (χ3v) is 2.87. The van der Waals surface area contributed by atoms with E-state index in [9.17, 15) is 19.7 Å². The van der Waals surface area contributed by atoms with Gasteiger partial charge in [0, 0.05) is 12.1 Å². The molecule has 1 aromatic carbocycles. The number of nitrogens with zero attached hydrogens (tertiary/aromatic N) is 2. The van der Waals surface area contributed by atoms with E-state index in [4.69, 9.17) is 4.74 Å². The predicted octanol–water partition coefficient (Wildman–Crippen LogP) is 1.40. The number of anilines is 1. The first-order chi connectivity index (χ1) is 10.5. The van der Waals surface area contributed by atoms with E-state index in [2.05, 4.69) is 5.32 Å². The summed E-state index contributed by atoms with van der Waals surface area (Å²) in [6, 6.07) is 8.94. The summed E-state index contributed by atoms with van der Waals surface area (Å²) < 4.78 is 6.07. The summed E-state index contributed by atoms with van der Waals surface area (Å²) in [6.45, 7) is -0.335. The molecule has 0 saturated heterocycles. The molecule has 22 heavy (non-hydrogen) atoms. The molecule has 0 fully saturated rings. The van der Waals surface area contributed by atoms with Crippen LogP contribution in [0, 0.1) is 10.1 Å². The first-order valence-electron chi connectivity index (χ1n) is 6.29. The zero-order chi connectivity index (χ0) is 16.1. The van der Waals surface area contributed by atoms with Gasteiger partial charge >= 0.3 is 0 Å². The molecular weight excluding hydrogens is 290 g/mol. The largest absolute Gasteiger partial charge is 0.495 e. The molecule has 0 aliphatic rings. The number of pyridine rings is 1. The number of para-hydroxylation sites is 2. The van der Waals surface area contributed by atoms with Crippen LogP contribution in [0.3, 0.4) is 0 Å². The van der Waals surface area contributed by atoms with Crippen LogP contribution in [-0.4, -0.2) is 22.5 Å². The minimum Gasteiger partial charge on any atom is -0.495 e. The maximum atomic E-state index is 12.0. The number of hydrogen-bond donors (Lipinski definition) is 1. The van der Waals surface area contributed by atoms with Crippen LogP contribution in [0.25, 0.3) is 0 Å². The van der Waals surface area contributed by atoms with Gasteiger partial charge in [-0.3, -0.25) is 24.3 Å². The van der Waals surface area contributed by atoms with Crippen molar-refractivity contribution < 1.29 is 14.5 Å². The molecule has 0 spiro atoms. The van der Waals surface area contributed by atoms with Gasteiger partial charge in [0.15, 0.2) is 0 Å². The standard InChI is InChI=1S/C14H13N3O5/c1-22-12-5-3-2-4-11(12)15-13(18)9-16-8-10(17(20)21)6-7-14(16)19/h2-8H,9H2,1H3,(H,15,18). The number of carbonyl (C=O) groups is 1. The average Bonchev–Trinajstić information content (AvgIpc) is 2.49. The van der Waals surface area contributed by atoms with E-state index in [1.54, 1.807) is 24.3 Å². The second kappa shape index (κ2) is 6.53. The van der Waals surface area contributed by atoms with Gasteiger partial charge in [-0.05, 0) is 12.1 Å². The van der Waals surface area contributed by atoms with Crippen molar-refractivity contribution in [2.75, 3.05) is 12.4 Å². The fourth-order valence-corrected chi connectivity index (χ4v) is 1.84. The summed E-state index contributed by atoms with van der Waals surface area (Å²) >= 11 is 0. The fraction of sp³-hybridized carbons (Fsp3) is 0.143. The summed E-state index contributed by atoms with van der Waals surface area (Å²) in [4.78, 5) is 33.7. The predicted molar refractivity (Wildman–Crippen MR) is 79.0 cm³/mol. The van der Waals surface area contributed by atoms with Crippen molar-refractivity contribution in [2.24, 2.45) is 0 Å². The molecule has 8 nitrogen and oxygen atoms in total. The van der Waals surface area contributed by atoms with E-state index in [0.29, 0.717) is 11.4 Å². The Bertz CT molecular complexity index is 769. The number of methoxy groups -OCH3 is 1. The Kier molecular flexibility index (Phi) is 4.52. The molecule has 0 unspecified atom stereocenters. The third-order valence-electron chi connectivity index (χ3n) is 2.87. The second-order valence-electron chi connectivity index (χ2n) is 4.36. The number of amides is 1. The van der Waals surface area contributed by atoms with Crippen LogP contribution in [0.4, 0.5) is 11.4 Å². The molecule has 0 radical (unpaired) electrons. The average molecular weight is 303 g/mol. The van der Waals surface area contributed by atoms with Crippen molar-refractivity contribution in [1.29, 1.82) is 0 Å². The number of aromatic nitrogens is 1. The Morgan fingerprint density at radius 3 is 2.73 bits per heavy atom. The zero-order valence-electron chi connectivity index (χ0n) is 11.7. The van der Waals surface area contributed by atoms with Gasteiger partial charge in [-0.15, -0.1) is 0 Å². The summed E-state index contributed by atoms with van der Waals surface area (Å²) in [7, 11) is 1.47. The van der Waals surface area contributed by atoms with Gasteiger partial charge in [0.2, 0.25) is 5.91 Å². The van der Waals surface area contributed by atoms with Crippen molar-refractivity contribution in [2.45, 2.75) is 6.54 Å². The van der Waals surface area contributed by atoms with Gasteiger partial charge in [0.25, 0.3) is 11.2 Å². The van der Waals surface area contributed by atoms with E-state index in [-0.39, 0.29) is 12.2 Å². The topological polar surface area (TPSA) is 103 Å². The van der Waals surface area contributed by atoms with Crippen molar-refractivity contribution in [3.63, 3.8) is 0 Å². The van der Waals surface area contributed by atoms with Gasteiger partial charge in [-0.25, -0.2) is 0 Å². The Morgan fingerprint density at radius 2 is 2.05 bits per heavy atom. The Labute approximate surface area is 125 Å². The Hall–Kier alpha value is -3.16. The first kappa shape index (κ1) is 15.2. The highest BCUT2D eigenvalue weighted by atomic mass is 16.6. The first-order valence-corrected chi connectivity index (χ1v) is 6.29. The monoisotopic (exact) mass is 303 g/mol. The van der Waals surface area contributed by atoms with E-state index in [1.165, 1.54) is 7.11 Å². The number of ether oxygens (including phenoxy) is 1. The van der Waals surface area contributed by atoms with E-state index < -0.39 is 16.4 Å². The molecule has 0 bridgehead atoms. The highest BCUT2D eigenvalue weighted by Crippen LogP contribution is 2.22. The van der Waals surface area contributed by atoms with Gasteiger partial charge in [-0.2, -0.15) is 0 Å². The van der Waals surface area contributed by atoms with Crippen LogP contribution in [-0.2, 0) is 11.3 Å². The number of rotatable bonds is 5. The quantitative estimate of drug-likeness (QED) is 0.664. The maximum Gasteiger partial charge on any atom is 0.285 e. The fourth-order valence-electron chi connectivity index (χ4n) is 1.84. The highest BCUT2D eigenvalue weighted by Gasteiger charge is 2.12. The molecule has 2 rings (SSSR count). The SMILES string of the molecule is COc1ccccc1NC(=O)Cn1cc([N+](=O)[O-])ccc1=O. The molecule has 1 heterocycles. The summed E-state index contributed by atoms with van der Waals surface area (Å²) in [5.41, 5.74) is -0.307. The van der Waals surface area contributed by atoms with Gasteiger partial charge < -0.3 is 10.1 Å². The summed E-state index contributed by atoms with van der Waals surface area (Å²) in [5.74, 6) is -0.0191. The molecular formula is C14H13N3O5. The lowest BCUT2D eigenvalue weighted by Gasteiger charge is -2.10. The van der Waals surface area contributed by atoms with Crippen LogP contribution in [0.5, 0.6) is 5.75 Å². The molecule has 1 amide bonds. The third kappa shape index (κ3) is 3.48. The normalized spacial score (nSPS) is 10.0.